The number of alkyl halides is 3. The summed E-state index contributed by atoms with van der Waals surface area (Å²) in [5.74, 6) is -1.82. The number of ether oxygens (including phenoxy) is 1. The van der Waals surface area contributed by atoms with Crippen molar-refractivity contribution in [1.82, 2.24) is 4.57 Å². The number of amides is 1. The Bertz CT molecular complexity index is 1220. The van der Waals surface area contributed by atoms with E-state index in [-0.39, 0.29) is 42.2 Å². The largest absolute Gasteiger partial charge is 0.459 e. The third-order valence-corrected chi connectivity index (χ3v) is 6.77. The van der Waals surface area contributed by atoms with E-state index in [0.29, 0.717) is 24.2 Å². The van der Waals surface area contributed by atoms with Crippen LogP contribution in [0.3, 0.4) is 0 Å². The summed E-state index contributed by atoms with van der Waals surface area (Å²) in [5.41, 5.74) is 10.2. The third-order valence-electron chi connectivity index (χ3n) is 6.77. The predicted molar refractivity (Wildman–Crippen MR) is 126 cm³/mol. The molecule has 36 heavy (non-hydrogen) atoms. The van der Waals surface area contributed by atoms with Crippen molar-refractivity contribution >= 4 is 23.3 Å². The van der Waals surface area contributed by atoms with E-state index >= 15 is 0 Å². The molecule has 0 aliphatic heterocycles. The monoisotopic (exact) mass is 506 g/mol. The Morgan fingerprint density at radius 3 is 2.58 bits per heavy atom. The molecule has 1 saturated carbocycles. The van der Waals surface area contributed by atoms with Crippen LogP contribution in [0.5, 0.6) is 0 Å². The van der Waals surface area contributed by atoms with Crippen LogP contribution in [0, 0.1) is 5.41 Å². The number of halogens is 3. The molecule has 2 aliphatic carbocycles. The van der Waals surface area contributed by atoms with Crippen LogP contribution < -0.4 is 16.8 Å². The number of hydrogen-bond acceptors (Lipinski definition) is 6. The lowest BCUT2D eigenvalue weighted by molar-refractivity contribution is -0.147. The number of anilines is 1. The molecule has 2 aliphatic rings. The highest BCUT2D eigenvalue weighted by molar-refractivity contribution is 6.01. The fraction of sp³-hybridized carbons (Fsp3) is 0.480. The number of Topliss-reactive ketones (excluding diaryl/α,β-unsaturated/α-hetero) is 1. The molecule has 1 fully saturated rings. The molecule has 8 nitrogen and oxygen atoms in total. The Morgan fingerprint density at radius 1 is 1.22 bits per heavy atom. The Kier molecular flexibility index (Phi) is 6.63. The van der Waals surface area contributed by atoms with Crippen molar-refractivity contribution in [3.8, 4) is 5.69 Å². The second kappa shape index (κ2) is 9.27. The number of hydrogen-bond donors (Lipinski definition) is 3. The van der Waals surface area contributed by atoms with E-state index in [9.17, 15) is 27.6 Å². The summed E-state index contributed by atoms with van der Waals surface area (Å²) in [5, 5.41) is 3.20. The molecule has 0 unspecified atom stereocenters. The highest BCUT2D eigenvalue weighted by atomic mass is 19.4. The van der Waals surface area contributed by atoms with Crippen molar-refractivity contribution in [3.63, 3.8) is 0 Å². The van der Waals surface area contributed by atoms with Gasteiger partial charge in [0.25, 0.3) is 5.91 Å². The number of nitrogens with one attached hydrogen (secondary N) is 1. The summed E-state index contributed by atoms with van der Waals surface area (Å²) in [4.78, 5) is 36.6. The maximum Gasteiger partial charge on any atom is 0.418 e. The second-order valence-corrected chi connectivity index (χ2v) is 10.2. The van der Waals surface area contributed by atoms with Crippen molar-refractivity contribution in [2.24, 2.45) is 16.9 Å². The zero-order valence-electron chi connectivity index (χ0n) is 20.1. The van der Waals surface area contributed by atoms with Crippen molar-refractivity contribution in [2.75, 3.05) is 11.9 Å². The first kappa shape index (κ1) is 25.7. The molecule has 0 spiro atoms. The number of nitrogens with two attached hydrogens (primary N) is 2. The minimum Gasteiger partial charge on any atom is -0.459 e. The highest BCUT2D eigenvalue weighted by Crippen LogP contribution is 2.43. The van der Waals surface area contributed by atoms with E-state index in [1.807, 2.05) is 13.8 Å². The van der Waals surface area contributed by atoms with Crippen LogP contribution in [0.1, 0.15) is 71.5 Å². The molecule has 2 aromatic rings. The summed E-state index contributed by atoms with van der Waals surface area (Å²) >= 11 is 0. The van der Waals surface area contributed by atoms with Gasteiger partial charge in [0.2, 0.25) is 0 Å². The molecule has 0 saturated heterocycles. The number of rotatable bonds is 6. The number of primary amides is 1. The maximum absolute atomic E-state index is 13.9. The Labute approximate surface area is 206 Å². The molecule has 2 atom stereocenters. The molecule has 194 valence electrons. The molecule has 0 radical (unpaired) electrons. The van der Waals surface area contributed by atoms with Gasteiger partial charge in [-0.25, -0.2) is 0 Å². The smallest absolute Gasteiger partial charge is 0.418 e. The van der Waals surface area contributed by atoms with E-state index in [0.717, 1.165) is 12.6 Å². The van der Waals surface area contributed by atoms with E-state index in [1.165, 1.54) is 22.8 Å². The summed E-state index contributed by atoms with van der Waals surface area (Å²) in [7, 11) is 0. The first-order valence-corrected chi connectivity index (χ1v) is 11.8. The summed E-state index contributed by atoms with van der Waals surface area (Å²) in [6, 6.07) is 4.13. The lowest BCUT2D eigenvalue weighted by Gasteiger charge is -2.30. The van der Waals surface area contributed by atoms with Gasteiger partial charge < -0.3 is 26.1 Å². The zero-order valence-corrected chi connectivity index (χ0v) is 20.1. The Balaban J connectivity index is 1.78. The Hall–Kier alpha value is -3.34. The van der Waals surface area contributed by atoms with Gasteiger partial charge in [0.05, 0.1) is 29.3 Å². The fourth-order valence-corrected chi connectivity index (χ4v) is 5.18. The molecule has 1 amide bonds. The molecular formula is C25H29F3N4O4. The first-order valence-electron chi connectivity index (χ1n) is 11.8. The van der Waals surface area contributed by atoms with Crippen LogP contribution in [-0.2, 0) is 22.1 Å². The second-order valence-electron chi connectivity index (χ2n) is 10.2. The van der Waals surface area contributed by atoms with Crippen LogP contribution in [0.4, 0.5) is 18.9 Å². The first-order chi connectivity index (χ1) is 16.8. The van der Waals surface area contributed by atoms with Gasteiger partial charge in [-0.1, -0.05) is 13.8 Å². The van der Waals surface area contributed by atoms with Crippen LogP contribution in [-0.4, -0.2) is 40.9 Å². The van der Waals surface area contributed by atoms with Gasteiger partial charge in [-0.05, 0) is 49.3 Å². The van der Waals surface area contributed by atoms with Gasteiger partial charge in [-0.3, -0.25) is 14.4 Å². The number of esters is 1. The van der Waals surface area contributed by atoms with Gasteiger partial charge in [-0.15, -0.1) is 0 Å². The van der Waals surface area contributed by atoms with Gasteiger partial charge in [0, 0.05) is 29.7 Å². The summed E-state index contributed by atoms with van der Waals surface area (Å²) in [6.45, 7) is 3.41. The van der Waals surface area contributed by atoms with Gasteiger partial charge >= 0.3 is 12.1 Å². The van der Waals surface area contributed by atoms with Crippen LogP contribution in [0.25, 0.3) is 5.69 Å². The topological polar surface area (TPSA) is 129 Å². The fourth-order valence-electron chi connectivity index (χ4n) is 5.18. The number of ketones is 1. The molecule has 1 aromatic heterocycles. The van der Waals surface area contributed by atoms with Crippen LogP contribution in [0.15, 0.2) is 24.4 Å². The van der Waals surface area contributed by atoms with Crippen molar-refractivity contribution < 1.29 is 32.3 Å². The molecule has 5 N–H and O–H groups in total. The van der Waals surface area contributed by atoms with E-state index in [4.69, 9.17) is 16.2 Å². The predicted octanol–water partition coefficient (Wildman–Crippen LogP) is 3.59. The lowest BCUT2D eigenvalue weighted by atomic mass is 9.75. The summed E-state index contributed by atoms with van der Waals surface area (Å²) < 4.78 is 48.4. The molecular weight excluding hydrogens is 477 g/mol. The van der Waals surface area contributed by atoms with Crippen molar-refractivity contribution in [1.29, 1.82) is 0 Å². The van der Waals surface area contributed by atoms with E-state index in [2.05, 4.69) is 5.32 Å². The standard InChI is InChI=1S/C25H29F3N4O4/c1-24(2)9-18-22(19(33)10-24)15(25(26,27)28)12-32(18)13-6-7-14(23(30)35)17(8-13)31-16-4-3-5-20(16)36-21(34)11-29/h6-8,12,16,20,31H,3-5,9-11,29H2,1-2H3,(H2,30,35)/t16-,20-/m0/s1. The Morgan fingerprint density at radius 2 is 1.94 bits per heavy atom. The zero-order chi connectivity index (χ0) is 26.4. The minimum absolute atomic E-state index is 0.0189. The lowest BCUT2D eigenvalue weighted by Crippen LogP contribution is -2.35. The highest BCUT2D eigenvalue weighted by Gasteiger charge is 2.43. The molecule has 0 bridgehead atoms. The van der Waals surface area contributed by atoms with Gasteiger partial charge in [0.1, 0.15) is 6.10 Å². The molecule has 1 heterocycles. The average Bonchev–Trinajstić information content (AvgIpc) is 3.37. The molecule has 4 rings (SSSR count). The SMILES string of the molecule is CC1(C)CC(=O)c2c(C(F)(F)F)cn(-c3ccc(C(N)=O)c(N[C@H]4CCC[C@@H]4OC(=O)CN)c3)c2C1. The number of carbonyl (C=O) groups excluding carboxylic acids is 3. The quantitative estimate of drug-likeness (QED) is 0.514. The average molecular weight is 507 g/mol. The normalized spacial score (nSPS) is 21.2. The van der Waals surface area contributed by atoms with Crippen molar-refractivity contribution in [3.05, 3.63) is 46.8 Å². The number of benzene rings is 1. The van der Waals surface area contributed by atoms with Gasteiger partial charge in [-0.2, -0.15) is 13.2 Å². The molecule has 1 aromatic carbocycles. The summed E-state index contributed by atoms with van der Waals surface area (Å²) in [6.07, 6.45) is -1.94. The maximum atomic E-state index is 13.9. The third kappa shape index (κ3) is 4.97. The van der Waals surface area contributed by atoms with E-state index in [1.54, 1.807) is 0 Å². The number of fused-ring (bicyclic) bond motifs is 1. The molecule has 11 heteroatoms. The van der Waals surface area contributed by atoms with Crippen LogP contribution >= 0.6 is 0 Å². The number of nitrogens with zero attached hydrogens (tertiary/aromatic N) is 1. The van der Waals surface area contributed by atoms with E-state index < -0.39 is 40.9 Å². The number of aromatic nitrogens is 1. The van der Waals surface area contributed by atoms with Crippen LogP contribution in [0.2, 0.25) is 0 Å². The van der Waals surface area contributed by atoms with Crippen molar-refractivity contribution in [2.45, 2.75) is 64.3 Å². The number of carbonyl (C=O) groups is 3. The minimum atomic E-state index is -4.70. The van der Waals surface area contributed by atoms with Gasteiger partial charge in [0.15, 0.2) is 5.78 Å².